The van der Waals surface area contributed by atoms with E-state index in [0.29, 0.717) is 12.4 Å². The molecule has 0 unspecified atom stereocenters. The van der Waals surface area contributed by atoms with Gasteiger partial charge in [-0.3, -0.25) is 13.9 Å². The Morgan fingerprint density at radius 2 is 1.55 bits per heavy atom. The number of anilines is 1. The Kier molecular flexibility index (Phi) is 10.7. The van der Waals surface area contributed by atoms with Crippen LogP contribution in [0, 0.1) is 12.7 Å². The lowest BCUT2D eigenvalue weighted by Gasteiger charge is -2.33. The molecular formula is C34H36FN3O5S. The van der Waals surface area contributed by atoms with Gasteiger partial charge in [0.15, 0.2) is 0 Å². The minimum atomic E-state index is -4.34. The highest BCUT2D eigenvalue weighted by Gasteiger charge is 2.34. The minimum Gasteiger partial charge on any atom is -0.494 e. The molecule has 0 aliphatic heterocycles. The fourth-order valence-electron chi connectivity index (χ4n) is 4.87. The van der Waals surface area contributed by atoms with Crippen LogP contribution in [-0.2, 0) is 32.6 Å². The lowest BCUT2D eigenvalue weighted by Crippen LogP contribution is -2.53. The number of carbonyl (C=O) groups is 2. The Hall–Kier alpha value is -4.70. The molecule has 0 radical (unpaired) electrons. The van der Waals surface area contributed by atoms with Crippen LogP contribution in [0.3, 0.4) is 0 Å². The molecule has 8 nitrogen and oxygen atoms in total. The largest absolute Gasteiger partial charge is 0.494 e. The van der Waals surface area contributed by atoms with E-state index in [0.717, 1.165) is 45.3 Å². The molecule has 230 valence electrons. The van der Waals surface area contributed by atoms with Gasteiger partial charge in [-0.25, -0.2) is 12.8 Å². The van der Waals surface area contributed by atoms with Crippen molar-refractivity contribution in [3.8, 4) is 5.75 Å². The first-order valence-corrected chi connectivity index (χ1v) is 15.7. The Morgan fingerprint density at radius 1 is 0.886 bits per heavy atom. The summed E-state index contributed by atoms with van der Waals surface area (Å²) in [5, 5.41) is 2.67. The third kappa shape index (κ3) is 8.02. The Bertz CT molecular complexity index is 1660. The van der Waals surface area contributed by atoms with Gasteiger partial charge in [0.1, 0.15) is 24.2 Å². The summed E-state index contributed by atoms with van der Waals surface area (Å²) in [6.07, 6.45) is 0.214. The molecule has 4 aromatic carbocycles. The Balaban J connectivity index is 1.78. The second-order valence-electron chi connectivity index (χ2n) is 10.2. The highest BCUT2D eigenvalue weighted by atomic mass is 32.2. The minimum absolute atomic E-state index is 0.0686. The third-order valence-electron chi connectivity index (χ3n) is 7.07. The molecule has 10 heteroatoms. The van der Waals surface area contributed by atoms with Crippen molar-refractivity contribution in [1.29, 1.82) is 0 Å². The van der Waals surface area contributed by atoms with E-state index in [9.17, 15) is 22.4 Å². The number of benzene rings is 4. The maximum absolute atomic E-state index is 14.3. The van der Waals surface area contributed by atoms with Gasteiger partial charge in [-0.15, -0.1) is 0 Å². The van der Waals surface area contributed by atoms with E-state index >= 15 is 0 Å². The molecule has 0 fully saturated rings. The third-order valence-corrected chi connectivity index (χ3v) is 8.86. The standard InChI is InChI=1S/C34H36FN3O5S/c1-4-43-30-17-15-29(16-18-30)38(44(41,42)31-19-13-28(35)14-20-31)24-33(39)37(23-27-12-8-9-25(2)21-27)32(34(40)36-3)22-26-10-6-5-7-11-26/h5-21,32H,4,22-24H2,1-3H3,(H,36,40)/t32-/m1/s1. The highest BCUT2D eigenvalue weighted by Crippen LogP contribution is 2.27. The Morgan fingerprint density at radius 3 is 2.16 bits per heavy atom. The fraction of sp³-hybridized carbons (Fsp3) is 0.235. The molecule has 0 aliphatic carbocycles. The van der Waals surface area contributed by atoms with Crippen LogP contribution in [-0.4, -0.2) is 51.4 Å². The summed E-state index contributed by atoms with van der Waals surface area (Å²) < 4.78 is 48.2. The Labute approximate surface area is 258 Å². The molecule has 4 rings (SSSR count). The van der Waals surface area contributed by atoms with Gasteiger partial charge < -0.3 is 15.0 Å². The first-order valence-electron chi connectivity index (χ1n) is 14.2. The van der Waals surface area contributed by atoms with E-state index < -0.39 is 34.3 Å². The van der Waals surface area contributed by atoms with Crippen molar-refractivity contribution in [3.63, 3.8) is 0 Å². The SMILES string of the molecule is CCOc1ccc(N(CC(=O)N(Cc2cccc(C)c2)[C@H](Cc2ccccc2)C(=O)NC)S(=O)(=O)c2ccc(F)cc2)cc1. The summed E-state index contributed by atoms with van der Waals surface area (Å²) in [5.74, 6) is -1.03. The number of hydrogen-bond donors (Lipinski definition) is 1. The molecule has 1 N–H and O–H groups in total. The molecule has 4 aromatic rings. The number of ether oxygens (including phenoxy) is 1. The summed E-state index contributed by atoms with van der Waals surface area (Å²) in [6.45, 7) is 3.64. The molecule has 2 amide bonds. The van der Waals surface area contributed by atoms with Crippen molar-refractivity contribution in [2.75, 3.05) is 24.5 Å². The van der Waals surface area contributed by atoms with Crippen molar-refractivity contribution in [1.82, 2.24) is 10.2 Å². The molecule has 0 spiro atoms. The van der Waals surface area contributed by atoms with E-state index in [4.69, 9.17) is 4.74 Å². The summed E-state index contributed by atoms with van der Waals surface area (Å²) in [4.78, 5) is 28.9. The number of rotatable bonds is 13. The average molecular weight is 618 g/mol. The smallest absolute Gasteiger partial charge is 0.264 e. The van der Waals surface area contributed by atoms with E-state index in [2.05, 4.69) is 5.32 Å². The predicted octanol–water partition coefficient (Wildman–Crippen LogP) is 5.11. The van der Waals surface area contributed by atoms with Crippen LogP contribution < -0.4 is 14.4 Å². The van der Waals surface area contributed by atoms with Gasteiger partial charge in [0, 0.05) is 20.0 Å². The molecule has 0 aliphatic rings. The first kappa shape index (κ1) is 32.2. The molecule has 0 saturated heterocycles. The molecule has 0 saturated carbocycles. The monoisotopic (exact) mass is 617 g/mol. The van der Waals surface area contributed by atoms with Crippen molar-refractivity contribution in [3.05, 3.63) is 126 Å². The van der Waals surface area contributed by atoms with E-state index in [1.54, 1.807) is 24.3 Å². The maximum Gasteiger partial charge on any atom is 0.264 e. The van der Waals surface area contributed by atoms with Crippen LogP contribution in [0.2, 0.25) is 0 Å². The van der Waals surface area contributed by atoms with Crippen molar-refractivity contribution >= 4 is 27.5 Å². The second-order valence-corrected chi connectivity index (χ2v) is 12.1. The predicted molar refractivity (Wildman–Crippen MR) is 168 cm³/mol. The van der Waals surface area contributed by atoms with Crippen molar-refractivity contribution < 1.29 is 27.1 Å². The van der Waals surface area contributed by atoms with Crippen LogP contribution in [0.25, 0.3) is 0 Å². The van der Waals surface area contributed by atoms with Crippen molar-refractivity contribution in [2.24, 2.45) is 0 Å². The zero-order valence-corrected chi connectivity index (χ0v) is 25.8. The van der Waals surface area contributed by atoms with Crippen LogP contribution in [0.1, 0.15) is 23.6 Å². The number of nitrogens with zero attached hydrogens (tertiary/aromatic N) is 2. The number of hydrogen-bond acceptors (Lipinski definition) is 5. The van der Waals surface area contributed by atoms with Gasteiger partial charge in [-0.05, 0) is 73.5 Å². The number of sulfonamides is 1. The second kappa shape index (κ2) is 14.7. The van der Waals surface area contributed by atoms with Gasteiger partial charge in [0.25, 0.3) is 10.0 Å². The summed E-state index contributed by atoms with van der Waals surface area (Å²) >= 11 is 0. The van der Waals surface area contributed by atoms with Gasteiger partial charge in [-0.1, -0.05) is 60.2 Å². The normalized spacial score (nSPS) is 11.8. The lowest BCUT2D eigenvalue weighted by atomic mass is 10.0. The zero-order chi connectivity index (χ0) is 31.7. The van der Waals surface area contributed by atoms with E-state index in [1.165, 1.54) is 11.9 Å². The van der Waals surface area contributed by atoms with Crippen LogP contribution in [0.5, 0.6) is 5.75 Å². The molecule has 0 bridgehead atoms. The summed E-state index contributed by atoms with van der Waals surface area (Å²) in [7, 11) is -2.84. The van der Waals surface area contributed by atoms with E-state index in [1.807, 2.05) is 68.4 Å². The van der Waals surface area contributed by atoms with Crippen LogP contribution >= 0.6 is 0 Å². The fourth-order valence-corrected chi connectivity index (χ4v) is 6.28. The molecular weight excluding hydrogens is 581 g/mol. The average Bonchev–Trinajstić information content (AvgIpc) is 3.02. The molecule has 44 heavy (non-hydrogen) atoms. The topological polar surface area (TPSA) is 96.0 Å². The maximum atomic E-state index is 14.3. The molecule has 1 atom stereocenters. The van der Waals surface area contributed by atoms with Gasteiger partial charge in [0.05, 0.1) is 17.2 Å². The number of nitrogens with one attached hydrogen (secondary N) is 1. The highest BCUT2D eigenvalue weighted by molar-refractivity contribution is 7.92. The van der Waals surface area contributed by atoms with Gasteiger partial charge >= 0.3 is 0 Å². The summed E-state index contributed by atoms with van der Waals surface area (Å²) in [5.41, 5.74) is 2.81. The molecule has 0 heterocycles. The number of carbonyl (C=O) groups excluding carboxylic acids is 2. The van der Waals surface area contributed by atoms with E-state index in [-0.39, 0.29) is 29.5 Å². The molecule has 0 aromatic heterocycles. The quantitative estimate of drug-likeness (QED) is 0.225. The van der Waals surface area contributed by atoms with Crippen molar-refractivity contribution in [2.45, 2.75) is 37.8 Å². The van der Waals surface area contributed by atoms with Gasteiger partial charge in [-0.2, -0.15) is 0 Å². The van der Waals surface area contributed by atoms with Gasteiger partial charge in [0.2, 0.25) is 11.8 Å². The van der Waals surface area contributed by atoms with Crippen LogP contribution in [0.15, 0.2) is 108 Å². The lowest BCUT2D eigenvalue weighted by molar-refractivity contribution is -0.139. The number of halogens is 1. The summed E-state index contributed by atoms with van der Waals surface area (Å²) in [6, 6.07) is 26.7. The number of amides is 2. The van der Waals surface area contributed by atoms with Crippen LogP contribution in [0.4, 0.5) is 10.1 Å². The number of likely N-dealkylation sites (N-methyl/N-ethyl adjacent to an activating group) is 1. The zero-order valence-electron chi connectivity index (χ0n) is 24.9. The first-order chi connectivity index (χ1) is 21.1. The number of aryl methyl sites for hydroxylation is 1.